The van der Waals surface area contributed by atoms with E-state index in [0.717, 1.165) is 0 Å². The number of aromatic nitrogens is 2. The first-order valence-corrected chi connectivity index (χ1v) is 10.7. The van der Waals surface area contributed by atoms with Gasteiger partial charge in [0.1, 0.15) is 0 Å². The Morgan fingerprint density at radius 2 is 2.00 bits per heavy atom. The SMILES string of the molecule is COc1cc2nncc(N3CCC(N(CC(O)C(F)(F)F)S(N)(=O)=O)CC3)c2cc1F. The van der Waals surface area contributed by atoms with E-state index in [1.165, 1.54) is 25.4 Å². The summed E-state index contributed by atoms with van der Waals surface area (Å²) in [5, 5.41) is 22.7. The van der Waals surface area contributed by atoms with E-state index >= 15 is 0 Å². The van der Waals surface area contributed by atoms with Crippen molar-refractivity contribution in [1.29, 1.82) is 0 Å². The topological polar surface area (TPSA) is 122 Å². The Balaban J connectivity index is 1.80. The molecule has 0 aliphatic carbocycles. The van der Waals surface area contributed by atoms with Crippen LogP contribution in [0.2, 0.25) is 0 Å². The van der Waals surface area contributed by atoms with E-state index in [9.17, 15) is 31.1 Å². The van der Waals surface area contributed by atoms with Crippen LogP contribution in [0.5, 0.6) is 5.75 Å². The molecule has 1 atom stereocenters. The number of halogens is 4. The number of fused-ring (bicyclic) bond motifs is 1. The average molecular weight is 467 g/mol. The fourth-order valence-electron chi connectivity index (χ4n) is 3.58. The van der Waals surface area contributed by atoms with Crippen LogP contribution in [0.4, 0.5) is 23.2 Å². The van der Waals surface area contributed by atoms with Crippen molar-refractivity contribution in [2.45, 2.75) is 31.2 Å². The monoisotopic (exact) mass is 467 g/mol. The molecule has 31 heavy (non-hydrogen) atoms. The molecule has 3 rings (SSSR count). The molecule has 0 bridgehead atoms. The van der Waals surface area contributed by atoms with E-state index in [0.29, 0.717) is 20.9 Å². The highest BCUT2D eigenvalue weighted by Gasteiger charge is 2.43. The van der Waals surface area contributed by atoms with Crippen LogP contribution in [0.15, 0.2) is 18.3 Å². The maximum atomic E-state index is 14.2. The van der Waals surface area contributed by atoms with E-state index in [-0.39, 0.29) is 31.7 Å². The number of rotatable bonds is 6. The zero-order chi connectivity index (χ0) is 23.0. The standard InChI is InChI=1S/C17H21F4N5O4S/c1-30-15-7-13-11(6-12(15)18)14(8-23-24-13)25-4-2-10(3-5-25)26(31(22,28)29)9-16(27)17(19,20)21/h6-8,10,16,27H,2-5,9H2,1H3,(H2,22,28,29). The molecule has 14 heteroatoms. The lowest BCUT2D eigenvalue weighted by molar-refractivity contribution is -0.206. The third-order valence-electron chi connectivity index (χ3n) is 5.16. The highest BCUT2D eigenvalue weighted by Crippen LogP contribution is 2.32. The molecule has 1 aromatic carbocycles. The summed E-state index contributed by atoms with van der Waals surface area (Å²) in [6, 6.07) is 1.82. The van der Waals surface area contributed by atoms with E-state index in [2.05, 4.69) is 10.2 Å². The van der Waals surface area contributed by atoms with Crippen molar-refractivity contribution in [2.75, 3.05) is 31.6 Å². The number of ether oxygens (including phenoxy) is 1. The van der Waals surface area contributed by atoms with Crippen molar-refractivity contribution in [3.63, 3.8) is 0 Å². The number of methoxy groups -OCH3 is 1. The molecular weight excluding hydrogens is 446 g/mol. The molecule has 1 aromatic heterocycles. The molecule has 172 valence electrons. The summed E-state index contributed by atoms with van der Waals surface area (Å²) < 4.78 is 81.5. The first-order valence-electron chi connectivity index (χ1n) is 9.20. The van der Waals surface area contributed by atoms with E-state index in [4.69, 9.17) is 9.88 Å². The minimum atomic E-state index is -4.98. The quantitative estimate of drug-likeness (QED) is 0.612. The lowest BCUT2D eigenvalue weighted by atomic mass is 10.0. The van der Waals surface area contributed by atoms with Gasteiger partial charge in [-0.05, 0) is 18.9 Å². The van der Waals surface area contributed by atoms with Gasteiger partial charge in [0.25, 0.3) is 10.2 Å². The van der Waals surface area contributed by atoms with Crippen molar-refractivity contribution < 1.29 is 35.8 Å². The third kappa shape index (κ3) is 5.14. The molecule has 0 spiro atoms. The summed E-state index contributed by atoms with van der Waals surface area (Å²) in [7, 11) is -3.16. The molecule has 0 amide bonds. The first-order chi connectivity index (χ1) is 14.4. The Morgan fingerprint density at radius 1 is 1.35 bits per heavy atom. The lowest BCUT2D eigenvalue weighted by Crippen LogP contribution is -2.53. The number of piperidine rings is 1. The smallest absolute Gasteiger partial charge is 0.415 e. The van der Waals surface area contributed by atoms with E-state index in [1.807, 2.05) is 0 Å². The Morgan fingerprint density at radius 3 is 2.55 bits per heavy atom. The Kier molecular flexibility index (Phi) is 6.55. The van der Waals surface area contributed by atoms with Gasteiger partial charge in [0, 0.05) is 30.6 Å². The Labute approximate surface area is 175 Å². The Hall–Kier alpha value is -2.29. The summed E-state index contributed by atoms with van der Waals surface area (Å²) in [4.78, 5) is 1.81. The zero-order valence-electron chi connectivity index (χ0n) is 16.4. The van der Waals surface area contributed by atoms with Gasteiger partial charge in [0.2, 0.25) is 0 Å². The number of benzene rings is 1. The molecule has 2 heterocycles. The van der Waals surface area contributed by atoms with Gasteiger partial charge in [-0.1, -0.05) is 0 Å². The van der Waals surface area contributed by atoms with Crippen LogP contribution in [0.25, 0.3) is 10.9 Å². The second-order valence-electron chi connectivity index (χ2n) is 7.12. The number of alkyl halides is 3. The predicted octanol–water partition coefficient (Wildman–Crippen LogP) is 1.18. The number of hydrogen-bond acceptors (Lipinski definition) is 7. The third-order valence-corrected chi connectivity index (χ3v) is 6.26. The molecule has 0 radical (unpaired) electrons. The van der Waals surface area contributed by atoms with Crippen LogP contribution >= 0.6 is 0 Å². The molecular formula is C17H21F4N5O4S. The summed E-state index contributed by atoms with van der Waals surface area (Å²) in [5.74, 6) is -0.592. The zero-order valence-corrected chi connectivity index (χ0v) is 17.2. The van der Waals surface area contributed by atoms with Gasteiger partial charge in [-0.3, -0.25) is 0 Å². The number of aliphatic hydroxyl groups is 1. The summed E-state index contributed by atoms with van der Waals surface area (Å²) in [6.45, 7) is -0.696. The molecule has 1 aliphatic rings. The lowest BCUT2D eigenvalue weighted by Gasteiger charge is -2.38. The van der Waals surface area contributed by atoms with Gasteiger partial charge in [0.15, 0.2) is 17.7 Å². The van der Waals surface area contributed by atoms with Gasteiger partial charge in [-0.15, -0.1) is 0 Å². The molecule has 1 aliphatic heterocycles. The van der Waals surface area contributed by atoms with E-state index in [1.54, 1.807) is 4.90 Å². The highest BCUT2D eigenvalue weighted by atomic mass is 32.2. The normalized spacial score (nSPS) is 17.4. The molecule has 2 aromatic rings. The molecule has 0 saturated carbocycles. The number of nitrogens with zero attached hydrogens (tertiary/aromatic N) is 4. The average Bonchev–Trinajstić information content (AvgIpc) is 2.69. The Bertz CT molecular complexity index is 1040. The second kappa shape index (κ2) is 8.68. The van der Waals surface area contributed by atoms with Crippen molar-refractivity contribution in [2.24, 2.45) is 5.14 Å². The predicted molar refractivity (Wildman–Crippen MR) is 103 cm³/mol. The van der Waals surface area contributed by atoms with Crippen LogP contribution in [0.3, 0.4) is 0 Å². The fraction of sp³-hybridized carbons (Fsp3) is 0.529. The van der Waals surface area contributed by atoms with Gasteiger partial charge in [-0.2, -0.15) is 36.1 Å². The van der Waals surface area contributed by atoms with Gasteiger partial charge < -0.3 is 14.7 Å². The van der Waals surface area contributed by atoms with Crippen LogP contribution in [0, 0.1) is 5.82 Å². The largest absolute Gasteiger partial charge is 0.494 e. The maximum Gasteiger partial charge on any atom is 0.415 e. The fourth-order valence-corrected chi connectivity index (χ4v) is 4.56. The van der Waals surface area contributed by atoms with E-state index < -0.39 is 40.9 Å². The highest BCUT2D eigenvalue weighted by molar-refractivity contribution is 7.86. The van der Waals surface area contributed by atoms with Crippen LogP contribution in [-0.2, 0) is 10.2 Å². The first kappa shape index (κ1) is 23.4. The van der Waals surface area contributed by atoms with Crippen LogP contribution < -0.4 is 14.8 Å². The number of aliphatic hydroxyl groups excluding tert-OH is 1. The summed E-state index contributed by atoms with van der Waals surface area (Å²) in [5.41, 5.74) is 0.930. The number of nitrogens with two attached hydrogens (primary N) is 1. The summed E-state index contributed by atoms with van der Waals surface area (Å²) in [6.07, 6.45) is -6.11. The summed E-state index contributed by atoms with van der Waals surface area (Å²) >= 11 is 0. The minimum Gasteiger partial charge on any atom is -0.494 e. The van der Waals surface area contributed by atoms with Gasteiger partial charge in [0.05, 0.1) is 31.1 Å². The molecule has 9 nitrogen and oxygen atoms in total. The minimum absolute atomic E-state index is 0.00433. The van der Waals surface area contributed by atoms with Crippen LogP contribution in [0.1, 0.15) is 12.8 Å². The maximum absolute atomic E-state index is 14.2. The number of hydrogen-bond donors (Lipinski definition) is 2. The molecule has 1 unspecified atom stereocenters. The van der Waals surface area contributed by atoms with Crippen molar-refractivity contribution in [3.05, 3.63) is 24.1 Å². The molecule has 1 saturated heterocycles. The van der Waals surface area contributed by atoms with Gasteiger partial charge >= 0.3 is 6.18 Å². The van der Waals surface area contributed by atoms with Crippen molar-refractivity contribution >= 4 is 26.8 Å². The number of anilines is 1. The molecule has 1 fully saturated rings. The second-order valence-corrected chi connectivity index (χ2v) is 8.62. The van der Waals surface area contributed by atoms with Gasteiger partial charge in [-0.25, -0.2) is 9.53 Å². The molecule has 3 N–H and O–H groups in total. The van der Waals surface area contributed by atoms with Crippen molar-refractivity contribution in [1.82, 2.24) is 14.5 Å². The van der Waals surface area contributed by atoms with Crippen LogP contribution in [-0.4, -0.2) is 73.1 Å². The van der Waals surface area contributed by atoms with Crippen molar-refractivity contribution in [3.8, 4) is 5.75 Å².